The fraction of sp³-hybridized carbons (Fsp3) is 0.462. The van der Waals surface area contributed by atoms with E-state index < -0.39 is 0 Å². The van der Waals surface area contributed by atoms with Gasteiger partial charge in [0, 0.05) is 0 Å². The molecule has 0 amide bonds. The van der Waals surface area contributed by atoms with Gasteiger partial charge in [-0.3, -0.25) is 4.79 Å². The van der Waals surface area contributed by atoms with Gasteiger partial charge in [0.15, 0.2) is 0 Å². The van der Waals surface area contributed by atoms with E-state index in [1.165, 1.54) is 19.3 Å². The predicted molar refractivity (Wildman–Crippen MR) is 62.8 cm³/mol. The van der Waals surface area contributed by atoms with Crippen LogP contribution in [0.15, 0.2) is 24.3 Å². The van der Waals surface area contributed by atoms with Crippen molar-refractivity contribution >= 4 is 6.47 Å². The van der Waals surface area contributed by atoms with Crippen molar-refractivity contribution in [2.24, 2.45) is 0 Å². The van der Waals surface area contributed by atoms with Crippen LogP contribution in [0.3, 0.4) is 0 Å². The maximum absolute atomic E-state index is 10.1. The molecule has 0 fully saturated rings. The molecule has 0 aromatic heterocycles. The minimum absolute atomic E-state index is 0.417. The lowest BCUT2D eigenvalue weighted by Crippen LogP contribution is -1.97. The van der Waals surface area contributed by atoms with Crippen LogP contribution >= 0.6 is 0 Å². The van der Waals surface area contributed by atoms with E-state index in [0.717, 1.165) is 18.8 Å². The van der Waals surface area contributed by atoms with Crippen molar-refractivity contribution in [1.29, 1.82) is 0 Å². The van der Waals surface area contributed by atoms with Crippen LogP contribution in [-0.2, 0) is 4.79 Å². The molecule has 0 unspecified atom stereocenters. The Hall–Kier alpha value is -1.51. The molecule has 16 heavy (non-hydrogen) atoms. The third-order valence-corrected chi connectivity index (χ3v) is 2.27. The summed E-state index contributed by atoms with van der Waals surface area (Å²) in [5.41, 5.74) is 0. The van der Waals surface area contributed by atoms with Gasteiger partial charge in [-0.15, -0.1) is 0 Å². The molecule has 0 aliphatic rings. The first-order chi connectivity index (χ1) is 7.86. The van der Waals surface area contributed by atoms with Crippen LogP contribution in [0, 0.1) is 0 Å². The summed E-state index contributed by atoms with van der Waals surface area (Å²) >= 11 is 0. The van der Waals surface area contributed by atoms with Gasteiger partial charge in [-0.2, -0.15) is 0 Å². The third-order valence-electron chi connectivity index (χ3n) is 2.27. The number of rotatable bonds is 8. The summed E-state index contributed by atoms with van der Waals surface area (Å²) in [5, 5.41) is 0. The quantitative estimate of drug-likeness (QED) is 0.500. The highest BCUT2D eigenvalue weighted by Crippen LogP contribution is 2.17. The van der Waals surface area contributed by atoms with Crippen molar-refractivity contribution in [3.05, 3.63) is 24.3 Å². The van der Waals surface area contributed by atoms with Gasteiger partial charge in [0.05, 0.1) is 6.61 Å². The zero-order valence-corrected chi connectivity index (χ0v) is 9.65. The average molecular weight is 222 g/mol. The average Bonchev–Trinajstić information content (AvgIpc) is 2.31. The Morgan fingerprint density at radius 3 is 2.38 bits per heavy atom. The highest BCUT2D eigenvalue weighted by atomic mass is 16.5. The number of ether oxygens (including phenoxy) is 2. The molecule has 0 atom stereocenters. The molecule has 1 aromatic carbocycles. The van der Waals surface area contributed by atoms with Crippen molar-refractivity contribution in [3.8, 4) is 11.5 Å². The van der Waals surface area contributed by atoms with Crippen LogP contribution in [-0.4, -0.2) is 13.1 Å². The molecule has 0 N–H and O–H groups in total. The van der Waals surface area contributed by atoms with E-state index in [-0.39, 0.29) is 0 Å². The van der Waals surface area contributed by atoms with Crippen molar-refractivity contribution in [2.75, 3.05) is 6.61 Å². The number of carbonyl (C=O) groups is 1. The molecule has 0 radical (unpaired) electrons. The Kier molecular flexibility index (Phi) is 6.07. The maximum atomic E-state index is 10.1. The van der Waals surface area contributed by atoms with E-state index >= 15 is 0 Å². The van der Waals surface area contributed by atoms with Crippen LogP contribution in [0.1, 0.15) is 32.6 Å². The molecule has 88 valence electrons. The molecule has 3 nitrogen and oxygen atoms in total. The summed E-state index contributed by atoms with van der Waals surface area (Å²) in [5.74, 6) is 1.35. The van der Waals surface area contributed by atoms with Crippen molar-refractivity contribution in [2.45, 2.75) is 32.6 Å². The van der Waals surface area contributed by atoms with Crippen molar-refractivity contribution in [3.63, 3.8) is 0 Å². The van der Waals surface area contributed by atoms with Crippen LogP contribution in [0.2, 0.25) is 0 Å². The van der Waals surface area contributed by atoms with Crippen LogP contribution in [0.4, 0.5) is 0 Å². The van der Waals surface area contributed by atoms with Gasteiger partial charge in [0.25, 0.3) is 6.47 Å². The molecule has 0 spiro atoms. The van der Waals surface area contributed by atoms with Gasteiger partial charge < -0.3 is 9.47 Å². The molecular weight excluding hydrogens is 204 g/mol. The van der Waals surface area contributed by atoms with Crippen LogP contribution in [0.25, 0.3) is 0 Å². The summed E-state index contributed by atoms with van der Waals surface area (Å²) in [6, 6.07) is 7.04. The number of unbranched alkanes of at least 4 members (excludes halogenated alkanes) is 3. The normalized spacial score (nSPS) is 9.81. The number of hydrogen-bond donors (Lipinski definition) is 0. The van der Waals surface area contributed by atoms with Gasteiger partial charge in [-0.05, 0) is 30.7 Å². The first kappa shape index (κ1) is 12.6. The standard InChI is InChI=1S/C13H18O3/c1-2-3-4-5-10-15-12-6-8-13(9-7-12)16-11-14/h6-9,11H,2-5,10H2,1H3. The van der Waals surface area contributed by atoms with Crippen molar-refractivity contribution in [1.82, 2.24) is 0 Å². The van der Waals surface area contributed by atoms with Gasteiger partial charge in [0.1, 0.15) is 11.5 Å². The lowest BCUT2D eigenvalue weighted by Gasteiger charge is -2.06. The van der Waals surface area contributed by atoms with E-state index in [1.54, 1.807) is 24.3 Å². The molecule has 3 heteroatoms. The Labute approximate surface area is 96.4 Å². The Morgan fingerprint density at radius 1 is 1.06 bits per heavy atom. The molecule has 1 rings (SSSR count). The minimum atomic E-state index is 0.417. The largest absolute Gasteiger partial charge is 0.494 e. The van der Waals surface area contributed by atoms with Gasteiger partial charge in [-0.25, -0.2) is 0 Å². The third kappa shape index (κ3) is 4.82. The first-order valence-corrected chi connectivity index (χ1v) is 5.70. The summed E-state index contributed by atoms with van der Waals surface area (Å²) < 4.78 is 10.2. The minimum Gasteiger partial charge on any atom is -0.494 e. The highest BCUT2D eigenvalue weighted by molar-refractivity contribution is 5.45. The smallest absolute Gasteiger partial charge is 0.298 e. The summed E-state index contributed by atoms with van der Waals surface area (Å²) in [7, 11) is 0. The number of carbonyl (C=O) groups excluding carboxylic acids is 1. The first-order valence-electron chi connectivity index (χ1n) is 5.70. The Bertz CT molecular complexity index is 293. The molecule has 0 bridgehead atoms. The molecule has 0 heterocycles. The second kappa shape index (κ2) is 7.74. The highest BCUT2D eigenvalue weighted by Gasteiger charge is 1.95. The molecular formula is C13H18O3. The molecule has 1 aromatic rings. The summed E-state index contributed by atoms with van der Waals surface area (Å²) in [6.45, 7) is 3.35. The zero-order valence-electron chi connectivity index (χ0n) is 9.65. The number of benzene rings is 1. The van der Waals surface area contributed by atoms with E-state index in [4.69, 9.17) is 4.74 Å². The fourth-order valence-corrected chi connectivity index (χ4v) is 1.39. The van der Waals surface area contributed by atoms with E-state index in [1.807, 2.05) is 0 Å². The maximum Gasteiger partial charge on any atom is 0.298 e. The van der Waals surface area contributed by atoms with Crippen LogP contribution in [0.5, 0.6) is 11.5 Å². The lowest BCUT2D eigenvalue weighted by molar-refractivity contribution is -0.120. The van der Waals surface area contributed by atoms with Crippen LogP contribution < -0.4 is 9.47 Å². The molecule has 0 aliphatic heterocycles. The number of hydrogen-bond acceptors (Lipinski definition) is 3. The predicted octanol–water partition coefficient (Wildman–Crippen LogP) is 3.18. The lowest BCUT2D eigenvalue weighted by atomic mass is 10.2. The van der Waals surface area contributed by atoms with E-state index in [9.17, 15) is 4.79 Å². The Morgan fingerprint density at radius 2 is 1.75 bits per heavy atom. The van der Waals surface area contributed by atoms with Gasteiger partial charge in [-0.1, -0.05) is 26.2 Å². The molecule has 0 aliphatic carbocycles. The van der Waals surface area contributed by atoms with Gasteiger partial charge >= 0.3 is 0 Å². The van der Waals surface area contributed by atoms with E-state index in [2.05, 4.69) is 11.7 Å². The van der Waals surface area contributed by atoms with E-state index in [0.29, 0.717) is 12.2 Å². The zero-order chi connectivity index (χ0) is 11.6. The van der Waals surface area contributed by atoms with Gasteiger partial charge in [0.2, 0.25) is 0 Å². The topological polar surface area (TPSA) is 35.5 Å². The Balaban J connectivity index is 2.23. The van der Waals surface area contributed by atoms with Crippen molar-refractivity contribution < 1.29 is 14.3 Å². The summed E-state index contributed by atoms with van der Waals surface area (Å²) in [4.78, 5) is 10.1. The monoisotopic (exact) mass is 222 g/mol. The molecule has 0 saturated heterocycles. The second-order valence-corrected chi connectivity index (χ2v) is 3.59. The molecule has 0 saturated carbocycles. The SMILES string of the molecule is CCCCCCOc1ccc(OC=O)cc1. The second-order valence-electron chi connectivity index (χ2n) is 3.59. The summed E-state index contributed by atoms with van der Waals surface area (Å²) in [6.07, 6.45) is 4.79. The fourth-order valence-electron chi connectivity index (χ4n) is 1.39.